The van der Waals surface area contributed by atoms with Crippen LogP contribution in [0.3, 0.4) is 0 Å². The molecule has 4 rings (SSSR count). The first-order valence-electron chi connectivity index (χ1n) is 9.94. The van der Waals surface area contributed by atoms with Crippen molar-refractivity contribution in [3.63, 3.8) is 0 Å². The molecule has 2 aromatic heterocycles. The van der Waals surface area contributed by atoms with Gasteiger partial charge >= 0.3 is 0 Å². The van der Waals surface area contributed by atoms with Gasteiger partial charge in [0.2, 0.25) is 0 Å². The number of rotatable bonds is 6. The maximum absolute atomic E-state index is 12.6. The first-order valence-corrected chi connectivity index (χ1v) is 12.5. The first-order chi connectivity index (χ1) is 15.2. The fourth-order valence-corrected chi connectivity index (χ4v) is 5.30. The zero-order valence-electron chi connectivity index (χ0n) is 17.9. The predicted molar refractivity (Wildman–Crippen MR) is 126 cm³/mol. The van der Waals surface area contributed by atoms with Gasteiger partial charge in [0.05, 0.1) is 10.6 Å². The van der Waals surface area contributed by atoms with E-state index in [0.29, 0.717) is 5.13 Å². The molecule has 4 aromatic rings. The molecule has 2 aromatic carbocycles. The molecule has 8 heteroatoms. The van der Waals surface area contributed by atoms with E-state index in [-0.39, 0.29) is 22.2 Å². The number of benzene rings is 2. The number of aryl methyl sites for hydroxylation is 3. The van der Waals surface area contributed by atoms with E-state index in [1.165, 1.54) is 46.7 Å². The molecule has 32 heavy (non-hydrogen) atoms. The van der Waals surface area contributed by atoms with Crippen molar-refractivity contribution >= 4 is 32.2 Å². The molecular formula is C24H22N2O4S2. The molecule has 0 saturated carbocycles. The molecule has 6 nitrogen and oxygen atoms in total. The van der Waals surface area contributed by atoms with Gasteiger partial charge in [-0.25, -0.2) is 13.4 Å². The minimum Gasteiger partial charge on any atom is -0.455 e. The van der Waals surface area contributed by atoms with E-state index < -0.39 is 15.7 Å². The maximum Gasteiger partial charge on any atom is 0.293 e. The summed E-state index contributed by atoms with van der Waals surface area (Å²) in [6, 6.07) is 15.3. The van der Waals surface area contributed by atoms with Gasteiger partial charge in [0.1, 0.15) is 11.5 Å². The number of thiazole rings is 1. The third kappa shape index (κ3) is 4.66. The van der Waals surface area contributed by atoms with Crippen LogP contribution in [0.5, 0.6) is 0 Å². The molecule has 0 saturated heterocycles. The van der Waals surface area contributed by atoms with Gasteiger partial charge in [-0.3, -0.25) is 10.1 Å². The van der Waals surface area contributed by atoms with Gasteiger partial charge in [0, 0.05) is 10.9 Å². The van der Waals surface area contributed by atoms with Crippen LogP contribution in [0, 0.1) is 20.8 Å². The predicted octanol–water partition coefficient (Wildman–Crippen LogP) is 5.55. The number of nitrogens with zero attached hydrogens (tertiary/aromatic N) is 1. The number of anilines is 1. The highest BCUT2D eigenvalue weighted by atomic mass is 32.2. The van der Waals surface area contributed by atoms with Gasteiger partial charge < -0.3 is 4.42 Å². The van der Waals surface area contributed by atoms with E-state index in [2.05, 4.69) is 36.3 Å². The van der Waals surface area contributed by atoms with Crippen LogP contribution in [0.4, 0.5) is 5.13 Å². The number of hydrogen-bond acceptors (Lipinski definition) is 6. The number of carbonyl (C=O) groups is 1. The Morgan fingerprint density at radius 3 is 2.47 bits per heavy atom. The topological polar surface area (TPSA) is 89.3 Å². The summed E-state index contributed by atoms with van der Waals surface area (Å²) in [6.45, 7) is 6.16. The highest BCUT2D eigenvalue weighted by Crippen LogP contribution is 2.30. The molecule has 0 aliphatic heterocycles. The summed E-state index contributed by atoms with van der Waals surface area (Å²) in [4.78, 5) is 17.3. The molecule has 0 atom stereocenters. The summed E-state index contributed by atoms with van der Waals surface area (Å²) >= 11 is 1.32. The van der Waals surface area contributed by atoms with Crippen LogP contribution in [-0.2, 0) is 15.6 Å². The lowest BCUT2D eigenvalue weighted by molar-refractivity contribution is 0.0995. The second-order valence-corrected chi connectivity index (χ2v) is 10.4. The highest BCUT2D eigenvalue weighted by Gasteiger charge is 2.20. The zero-order valence-corrected chi connectivity index (χ0v) is 19.5. The molecule has 0 fully saturated rings. The molecule has 1 amide bonds. The van der Waals surface area contributed by atoms with Gasteiger partial charge in [-0.15, -0.1) is 11.3 Å². The van der Waals surface area contributed by atoms with Crippen molar-refractivity contribution in [3.05, 3.63) is 88.2 Å². The minimum absolute atomic E-state index is 0.0300. The summed E-state index contributed by atoms with van der Waals surface area (Å²) in [5.74, 6) is -0.574. The Hall–Kier alpha value is -3.23. The van der Waals surface area contributed by atoms with Crippen LogP contribution >= 0.6 is 11.3 Å². The normalized spacial score (nSPS) is 11.5. The Bertz CT molecular complexity index is 1390. The lowest BCUT2D eigenvalue weighted by atomic mass is 9.99. The molecule has 0 unspecified atom stereocenters. The van der Waals surface area contributed by atoms with E-state index in [9.17, 15) is 13.2 Å². The van der Waals surface area contributed by atoms with Crippen molar-refractivity contribution in [1.29, 1.82) is 0 Å². The summed E-state index contributed by atoms with van der Waals surface area (Å²) < 4.78 is 30.5. The number of amides is 1. The van der Waals surface area contributed by atoms with Crippen LogP contribution < -0.4 is 5.32 Å². The average Bonchev–Trinajstić information content (AvgIpc) is 3.41. The first kappa shape index (κ1) is 22.0. The molecule has 1 N–H and O–H groups in total. The summed E-state index contributed by atoms with van der Waals surface area (Å²) in [5, 5.41) is 5.06. The van der Waals surface area contributed by atoms with Crippen molar-refractivity contribution < 1.29 is 17.6 Å². The smallest absolute Gasteiger partial charge is 0.293 e. The number of furan rings is 1. The SMILES string of the molecule is Cc1cc(C)c(-c2csc(NC(=O)c3ccc(CS(=O)(=O)c4ccccc4)o3)n2)cc1C. The average molecular weight is 467 g/mol. The number of aromatic nitrogens is 1. The standard InChI is InChI=1S/C24H22N2O4S2/c1-15-11-17(3)20(12-16(15)2)21-13-31-24(25-21)26-23(27)22-10-9-18(30-22)14-32(28,29)19-7-5-4-6-8-19/h4-13H,14H2,1-3H3,(H,25,26,27). The van der Waals surface area contributed by atoms with E-state index >= 15 is 0 Å². The quantitative estimate of drug-likeness (QED) is 0.402. The lowest BCUT2D eigenvalue weighted by Gasteiger charge is -2.07. The van der Waals surface area contributed by atoms with Crippen molar-refractivity contribution in [2.24, 2.45) is 0 Å². The molecule has 2 heterocycles. The summed E-state index contributed by atoms with van der Waals surface area (Å²) in [5.41, 5.74) is 5.33. The molecular weight excluding hydrogens is 444 g/mol. The van der Waals surface area contributed by atoms with Gasteiger partial charge in [0.25, 0.3) is 5.91 Å². The van der Waals surface area contributed by atoms with Crippen LogP contribution in [0.2, 0.25) is 0 Å². The van der Waals surface area contributed by atoms with Crippen molar-refractivity contribution in [2.75, 3.05) is 5.32 Å². The van der Waals surface area contributed by atoms with E-state index in [1.54, 1.807) is 18.2 Å². The Kier molecular flexibility index (Phi) is 5.99. The van der Waals surface area contributed by atoms with Crippen LogP contribution in [0.1, 0.15) is 33.0 Å². The van der Waals surface area contributed by atoms with E-state index in [4.69, 9.17) is 4.42 Å². The van der Waals surface area contributed by atoms with Crippen LogP contribution in [0.15, 0.2) is 69.3 Å². The van der Waals surface area contributed by atoms with Crippen molar-refractivity contribution in [3.8, 4) is 11.3 Å². The number of nitrogens with one attached hydrogen (secondary N) is 1. The molecule has 164 valence electrons. The molecule has 0 bridgehead atoms. The number of sulfone groups is 1. The fraction of sp³-hybridized carbons (Fsp3) is 0.167. The third-order valence-corrected chi connectivity index (χ3v) is 7.57. The molecule has 0 spiro atoms. The van der Waals surface area contributed by atoms with E-state index in [0.717, 1.165) is 16.8 Å². The van der Waals surface area contributed by atoms with Crippen molar-refractivity contribution in [1.82, 2.24) is 4.98 Å². The largest absolute Gasteiger partial charge is 0.455 e. The Morgan fingerprint density at radius 1 is 1.00 bits per heavy atom. The molecule has 0 radical (unpaired) electrons. The highest BCUT2D eigenvalue weighted by molar-refractivity contribution is 7.90. The Balaban J connectivity index is 1.47. The van der Waals surface area contributed by atoms with Gasteiger partial charge in [-0.05, 0) is 67.8 Å². The molecule has 0 aliphatic rings. The number of carbonyl (C=O) groups excluding carboxylic acids is 1. The number of hydrogen-bond donors (Lipinski definition) is 1. The maximum atomic E-state index is 12.6. The monoisotopic (exact) mass is 466 g/mol. The lowest BCUT2D eigenvalue weighted by Crippen LogP contribution is -2.10. The molecule has 0 aliphatic carbocycles. The minimum atomic E-state index is -3.56. The Labute approximate surface area is 190 Å². The van der Waals surface area contributed by atoms with E-state index in [1.807, 2.05) is 12.3 Å². The third-order valence-electron chi connectivity index (χ3n) is 5.16. The van der Waals surface area contributed by atoms with Crippen LogP contribution in [-0.4, -0.2) is 19.3 Å². The van der Waals surface area contributed by atoms with Crippen molar-refractivity contribution in [2.45, 2.75) is 31.4 Å². The van der Waals surface area contributed by atoms with Crippen LogP contribution in [0.25, 0.3) is 11.3 Å². The van der Waals surface area contributed by atoms with Gasteiger partial charge in [0.15, 0.2) is 20.7 Å². The second-order valence-electron chi connectivity index (χ2n) is 7.58. The van der Waals surface area contributed by atoms with Gasteiger partial charge in [-0.2, -0.15) is 0 Å². The summed E-state index contributed by atoms with van der Waals surface area (Å²) in [7, 11) is -3.56. The fourth-order valence-electron chi connectivity index (χ4n) is 3.33. The Morgan fingerprint density at radius 2 is 1.72 bits per heavy atom. The summed E-state index contributed by atoms with van der Waals surface area (Å²) in [6.07, 6.45) is 0. The second kappa shape index (κ2) is 8.72. The van der Waals surface area contributed by atoms with Gasteiger partial charge in [-0.1, -0.05) is 24.3 Å². The zero-order chi connectivity index (χ0) is 22.9.